The minimum Gasteiger partial charge on any atom is -0.495 e. The van der Waals surface area contributed by atoms with Gasteiger partial charge < -0.3 is 19.3 Å². The predicted octanol–water partition coefficient (Wildman–Crippen LogP) is 2.82. The van der Waals surface area contributed by atoms with Gasteiger partial charge in [0.15, 0.2) is 0 Å². The summed E-state index contributed by atoms with van der Waals surface area (Å²) >= 11 is 6.20. The molecule has 0 saturated carbocycles. The maximum atomic E-state index is 10.5. The summed E-state index contributed by atoms with van der Waals surface area (Å²) in [5.74, 6) is 1.27. The third-order valence-electron chi connectivity index (χ3n) is 3.59. The average molecular weight is 287 g/mol. The van der Waals surface area contributed by atoms with Crippen molar-refractivity contribution in [3.63, 3.8) is 0 Å². The molecule has 2 rings (SSSR count). The maximum absolute atomic E-state index is 10.5. The fourth-order valence-corrected chi connectivity index (χ4v) is 2.78. The second-order valence-corrected chi connectivity index (χ2v) is 5.13. The lowest BCUT2D eigenvalue weighted by Gasteiger charge is -2.24. The Labute approximate surface area is 118 Å². The van der Waals surface area contributed by atoms with Crippen LogP contribution in [0.4, 0.5) is 0 Å². The molecule has 106 valence electrons. The molecule has 0 amide bonds. The van der Waals surface area contributed by atoms with Gasteiger partial charge in [-0.15, -0.1) is 0 Å². The lowest BCUT2D eigenvalue weighted by atomic mass is 9.94. The van der Waals surface area contributed by atoms with E-state index in [0.29, 0.717) is 34.6 Å². The lowest BCUT2D eigenvalue weighted by molar-refractivity contribution is -0.0187. The van der Waals surface area contributed by atoms with Crippen LogP contribution in [-0.4, -0.2) is 32.0 Å². The topological polar surface area (TPSA) is 47.9 Å². The van der Waals surface area contributed by atoms with E-state index in [1.807, 2.05) is 0 Å². The van der Waals surface area contributed by atoms with Crippen LogP contribution < -0.4 is 9.47 Å². The Kier molecular flexibility index (Phi) is 4.55. The Morgan fingerprint density at radius 3 is 2.63 bits per heavy atom. The lowest BCUT2D eigenvalue weighted by Crippen LogP contribution is -2.23. The standard InChI is InChI=1S/C14H19ClO4/c1-8-6-7-19-13(8)12(16)9-4-5-10(17-2)11(15)14(9)18-3/h4-5,8,12-13,16H,6-7H2,1-3H3. The summed E-state index contributed by atoms with van der Waals surface area (Å²) in [5, 5.41) is 10.9. The largest absolute Gasteiger partial charge is 0.495 e. The van der Waals surface area contributed by atoms with Gasteiger partial charge in [0.1, 0.15) is 22.6 Å². The van der Waals surface area contributed by atoms with Crippen molar-refractivity contribution in [2.45, 2.75) is 25.6 Å². The Morgan fingerprint density at radius 2 is 2.11 bits per heavy atom. The van der Waals surface area contributed by atoms with Gasteiger partial charge in [-0.2, -0.15) is 0 Å². The summed E-state index contributed by atoms with van der Waals surface area (Å²) in [7, 11) is 3.06. The van der Waals surface area contributed by atoms with Gasteiger partial charge in [0.05, 0.1) is 20.3 Å². The molecule has 0 bridgehead atoms. The molecule has 1 aromatic carbocycles. The van der Waals surface area contributed by atoms with Crippen molar-refractivity contribution in [2.24, 2.45) is 5.92 Å². The number of methoxy groups -OCH3 is 2. The normalized spacial score (nSPS) is 24.3. The first-order valence-electron chi connectivity index (χ1n) is 6.30. The minimum absolute atomic E-state index is 0.224. The van der Waals surface area contributed by atoms with E-state index in [1.54, 1.807) is 19.2 Å². The van der Waals surface area contributed by atoms with E-state index in [4.69, 9.17) is 25.8 Å². The number of halogens is 1. The Balaban J connectivity index is 2.36. The van der Waals surface area contributed by atoms with E-state index in [1.165, 1.54) is 7.11 Å². The zero-order valence-electron chi connectivity index (χ0n) is 11.4. The number of rotatable bonds is 4. The fourth-order valence-electron chi connectivity index (χ4n) is 2.45. The van der Waals surface area contributed by atoms with Gasteiger partial charge >= 0.3 is 0 Å². The van der Waals surface area contributed by atoms with Crippen LogP contribution in [0.15, 0.2) is 12.1 Å². The number of ether oxygens (including phenoxy) is 3. The van der Waals surface area contributed by atoms with Crippen LogP contribution in [0.5, 0.6) is 11.5 Å². The van der Waals surface area contributed by atoms with Crippen molar-refractivity contribution >= 4 is 11.6 Å². The van der Waals surface area contributed by atoms with Gasteiger partial charge in [0.25, 0.3) is 0 Å². The molecule has 5 heteroatoms. The highest BCUT2D eigenvalue weighted by atomic mass is 35.5. The van der Waals surface area contributed by atoms with Crippen LogP contribution in [0, 0.1) is 5.92 Å². The minimum atomic E-state index is -0.754. The van der Waals surface area contributed by atoms with Gasteiger partial charge in [0.2, 0.25) is 0 Å². The zero-order chi connectivity index (χ0) is 14.0. The molecule has 0 aliphatic carbocycles. The number of benzene rings is 1. The van der Waals surface area contributed by atoms with Crippen molar-refractivity contribution in [3.05, 3.63) is 22.7 Å². The highest BCUT2D eigenvalue weighted by molar-refractivity contribution is 6.33. The third kappa shape index (κ3) is 2.66. The average Bonchev–Trinajstić information content (AvgIpc) is 2.83. The van der Waals surface area contributed by atoms with E-state index < -0.39 is 6.10 Å². The molecule has 0 radical (unpaired) electrons. The van der Waals surface area contributed by atoms with Crippen molar-refractivity contribution in [3.8, 4) is 11.5 Å². The highest BCUT2D eigenvalue weighted by Crippen LogP contribution is 2.42. The van der Waals surface area contributed by atoms with Crippen molar-refractivity contribution < 1.29 is 19.3 Å². The predicted molar refractivity (Wildman–Crippen MR) is 73.0 cm³/mol. The first kappa shape index (κ1) is 14.4. The van der Waals surface area contributed by atoms with Gasteiger partial charge in [-0.25, -0.2) is 0 Å². The molecular formula is C14H19ClO4. The van der Waals surface area contributed by atoms with Gasteiger partial charge in [-0.1, -0.05) is 18.5 Å². The van der Waals surface area contributed by atoms with Crippen LogP contribution in [-0.2, 0) is 4.74 Å². The smallest absolute Gasteiger partial charge is 0.147 e. The fraction of sp³-hybridized carbons (Fsp3) is 0.571. The molecule has 0 aromatic heterocycles. The maximum Gasteiger partial charge on any atom is 0.147 e. The molecule has 4 nitrogen and oxygen atoms in total. The summed E-state index contributed by atoms with van der Waals surface area (Å²) < 4.78 is 16.0. The molecule has 1 saturated heterocycles. The number of aliphatic hydroxyl groups excluding tert-OH is 1. The highest BCUT2D eigenvalue weighted by Gasteiger charge is 2.34. The van der Waals surface area contributed by atoms with Crippen LogP contribution >= 0.6 is 11.6 Å². The molecule has 1 aliphatic heterocycles. The molecule has 1 fully saturated rings. The van der Waals surface area contributed by atoms with Crippen molar-refractivity contribution in [1.82, 2.24) is 0 Å². The first-order chi connectivity index (χ1) is 9.10. The van der Waals surface area contributed by atoms with Crippen LogP contribution in [0.25, 0.3) is 0 Å². The number of hydrogen-bond donors (Lipinski definition) is 1. The second kappa shape index (κ2) is 5.99. The molecule has 1 N–H and O–H groups in total. The van der Waals surface area contributed by atoms with Crippen LogP contribution in [0.1, 0.15) is 25.0 Å². The van der Waals surface area contributed by atoms with E-state index >= 15 is 0 Å². The Hall–Kier alpha value is -0.970. The van der Waals surface area contributed by atoms with E-state index in [2.05, 4.69) is 6.92 Å². The van der Waals surface area contributed by atoms with Gasteiger partial charge in [-0.05, 0) is 24.5 Å². The third-order valence-corrected chi connectivity index (χ3v) is 3.95. The van der Waals surface area contributed by atoms with Crippen molar-refractivity contribution in [1.29, 1.82) is 0 Å². The van der Waals surface area contributed by atoms with Crippen LogP contribution in [0.2, 0.25) is 5.02 Å². The first-order valence-corrected chi connectivity index (χ1v) is 6.68. The molecule has 1 heterocycles. The monoisotopic (exact) mass is 286 g/mol. The number of hydrogen-bond acceptors (Lipinski definition) is 4. The van der Waals surface area contributed by atoms with Gasteiger partial charge in [0, 0.05) is 12.2 Å². The molecule has 3 unspecified atom stereocenters. The van der Waals surface area contributed by atoms with E-state index in [-0.39, 0.29) is 6.10 Å². The zero-order valence-corrected chi connectivity index (χ0v) is 12.1. The van der Waals surface area contributed by atoms with Crippen molar-refractivity contribution in [2.75, 3.05) is 20.8 Å². The Bertz CT molecular complexity index is 449. The summed E-state index contributed by atoms with van der Waals surface area (Å²) in [6.45, 7) is 2.74. The summed E-state index contributed by atoms with van der Waals surface area (Å²) in [6.07, 6.45) is -0.0253. The molecule has 0 spiro atoms. The molecule has 1 aromatic rings. The second-order valence-electron chi connectivity index (χ2n) is 4.75. The SMILES string of the molecule is COc1ccc(C(O)C2OCCC2C)c(OC)c1Cl. The molecule has 3 atom stereocenters. The number of aliphatic hydroxyl groups is 1. The summed E-state index contributed by atoms with van der Waals surface area (Å²) in [6, 6.07) is 3.49. The summed E-state index contributed by atoms with van der Waals surface area (Å²) in [5.41, 5.74) is 0.632. The van der Waals surface area contributed by atoms with Gasteiger partial charge in [-0.3, -0.25) is 0 Å². The Morgan fingerprint density at radius 1 is 1.37 bits per heavy atom. The molecule has 1 aliphatic rings. The molecule has 19 heavy (non-hydrogen) atoms. The quantitative estimate of drug-likeness (QED) is 0.925. The van der Waals surface area contributed by atoms with E-state index in [9.17, 15) is 5.11 Å². The van der Waals surface area contributed by atoms with E-state index in [0.717, 1.165) is 6.42 Å². The van der Waals surface area contributed by atoms with Crippen LogP contribution in [0.3, 0.4) is 0 Å². The molecular weight excluding hydrogens is 268 g/mol. The summed E-state index contributed by atoms with van der Waals surface area (Å²) in [4.78, 5) is 0.